The molecule has 17 heavy (non-hydrogen) atoms. The molecule has 0 bridgehead atoms. The van der Waals surface area contributed by atoms with Crippen molar-refractivity contribution in [2.24, 2.45) is 5.73 Å². The molecule has 92 valence electrons. The Bertz CT molecular complexity index is 452. The van der Waals surface area contributed by atoms with Gasteiger partial charge >= 0.3 is 0 Å². The third-order valence-electron chi connectivity index (χ3n) is 4.33. The summed E-state index contributed by atoms with van der Waals surface area (Å²) in [6.07, 6.45) is 4.46. The van der Waals surface area contributed by atoms with Crippen molar-refractivity contribution in [3.05, 3.63) is 23.3 Å². The van der Waals surface area contributed by atoms with Crippen molar-refractivity contribution in [2.75, 3.05) is 25.6 Å². The van der Waals surface area contributed by atoms with Crippen LogP contribution in [-0.2, 0) is 12.0 Å². The highest BCUT2D eigenvalue weighted by molar-refractivity contribution is 5.66. The van der Waals surface area contributed by atoms with Crippen molar-refractivity contribution in [3.63, 3.8) is 0 Å². The van der Waals surface area contributed by atoms with E-state index in [1.54, 1.807) is 7.11 Å². The molecule has 3 rings (SSSR count). The van der Waals surface area contributed by atoms with Gasteiger partial charge in [0.25, 0.3) is 0 Å². The van der Waals surface area contributed by atoms with E-state index in [-0.39, 0.29) is 5.54 Å². The van der Waals surface area contributed by atoms with Crippen LogP contribution in [0.5, 0.6) is 5.75 Å². The second-order valence-electron chi connectivity index (χ2n) is 5.33. The maximum absolute atomic E-state index is 6.44. The average Bonchev–Trinajstić information content (AvgIpc) is 2.67. The Hall–Kier alpha value is -1.22. The smallest absolute Gasteiger partial charge is 0.129 e. The molecule has 0 unspecified atom stereocenters. The van der Waals surface area contributed by atoms with Gasteiger partial charge in [-0.1, -0.05) is 6.07 Å². The van der Waals surface area contributed by atoms with E-state index in [1.165, 1.54) is 23.2 Å². The zero-order valence-corrected chi connectivity index (χ0v) is 10.6. The molecule has 1 aliphatic heterocycles. The minimum absolute atomic E-state index is 0.137. The highest BCUT2D eigenvalue weighted by Gasteiger charge is 2.38. The Morgan fingerprint density at radius 2 is 2.12 bits per heavy atom. The van der Waals surface area contributed by atoms with Gasteiger partial charge in [-0.15, -0.1) is 0 Å². The first-order valence-corrected chi connectivity index (χ1v) is 6.36. The Balaban J connectivity index is 2.12. The van der Waals surface area contributed by atoms with Crippen LogP contribution in [0.15, 0.2) is 12.1 Å². The number of methoxy groups -OCH3 is 1. The van der Waals surface area contributed by atoms with Crippen molar-refractivity contribution in [1.29, 1.82) is 0 Å². The molecule has 2 N–H and O–H groups in total. The highest BCUT2D eigenvalue weighted by atomic mass is 16.5. The molecule has 1 aromatic rings. The van der Waals surface area contributed by atoms with Gasteiger partial charge in [0.15, 0.2) is 0 Å². The summed E-state index contributed by atoms with van der Waals surface area (Å²) in [7, 11) is 3.89. The summed E-state index contributed by atoms with van der Waals surface area (Å²) in [6.45, 7) is 1.08. The molecule has 0 atom stereocenters. The van der Waals surface area contributed by atoms with Gasteiger partial charge in [0.05, 0.1) is 7.11 Å². The number of benzene rings is 1. The zero-order valence-electron chi connectivity index (χ0n) is 10.6. The molecule has 3 heteroatoms. The maximum atomic E-state index is 6.44. The number of likely N-dealkylation sites (N-methyl/N-ethyl adjacent to an activating group) is 1. The van der Waals surface area contributed by atoms with Crippen LogP contribution in [0.1, 0.15) is 30.4 Å². The van der Waals surface area contributed by atoms with Crippen LogP contribution in [0.25, 0.3) is 0 Å². The van der Waals surface area contributed by atoms with Crippen molar-refractivity contribution in [2.45, 2.75) is 31.2 Å². The molecule has 0 amide bonds. The molecule has 1 aliphatic carbocycles. The number of hydrogen-bond donors (Lipinski definition) is 1. The van der Waals surface area contributed by atoms with E-state index in [0.717, 1.165) is 31.6 Å². The number of anilines is 1. The van der Waals surface area contributed by atoms with Gasteiger partial charge in [-0.2, -0.15) is 0 Å². The molecule has 2 aliphatic rings. The van der Waals surface area contributed by atoms with E-state index in [0.29, 0.717) is 0 Å². The first-order chi connectivity index (χ1) is 8.15. The van der Waals surface area contributed by atoms with Crippen molar-refractivity contribution in [3.8, 4) is 5.75 Å². The highest BCUT2D eigenvalue weighted by Crippen LogP contribution is 2.47. The summed E-state index contributed by atoms with van der Waals surface area (Å²) < 4.78 is 5.65. The fourth-order valence-electron chi connectivity index (χ4n) is 3.07. The number of hydrogen-bond acceptors (Lipinski definition) is 3. The predicted molar refractivity (Wildman–Crippen MR) is 69.7 cm³/mol. The molecule has 0 saturated heterocycles. The zero-order chi connectivity index (χ0) is 12.0. The minimum atomic E-state index is -0.137. The van der Waals surface area contributed by atoms with Crippen molar-refractivity contribution >= 4 is 5.69 Å². The minimum Gasteiger partial charge on any atom is -0.496 e. The van der Waals surface area contributed by atoms with Gasteiger partial charge in [0.1, 0.15) is 5.75 Å². The quantitative estimate of drug-likeness (QED) is 0.848. The lowest BCUT2D eigenvalue weighted by molar-refractivity contribution is 0.243. The molecule has 1 heterocycles. The Kier molecular flexibility index (Phi) is 2.33. The average molecular weight is 232 g/mol. The molecule has 1 saturated carbocycles. The van der Waals surface area contributed by atoms with Crippen molar-refractivity contribution in [1.82, 2.24) is 0 Å². The van der Waals surface area contributed by atoms with Crippen LogP contribution in [-0.4, -0.2) is 20.7 Å². The topological polar surface area (TPSA) is 38.5 Å². The van der Waals surface area contributed by atoms with Gasteiger partial charge in [-0.3, -0.25) is 0 Å². The number of rotatable bonds is 2. The summed E-state index contributed by atoms with van der Waals surface area (Å²) >= 11 is 0. The lowest BCUT2D eigenvalue weighted by atomic mass is 9.72. The summed E-state index contributed by atoms with van der Waals surface area (Å²) in [5.74, 6) is 1.04. The normalized spacial score (nSPS) is 21.0. The molecular weight excluding hydrogens is 212 g/mol. The van der Waals surface area contributed by atoms with Crippen LogP contribution in [0, 0.1) is 0 Å². The summed E-state index contributed by atoms with van der Waals surface area (Å²) in [4.78, 5) is 2.28. The van der Waals surface area contributed by atoms with Crippen molar-refractivity contribution < 1.29 is 4.74 Å². The van der Waals surface area contributed by atoms with E-state index >= 15 is 0 Å². The summed E-state index contributed by atoms with van der Waals surface area (Å²) in [5, 5.41) is 0. The molecule has 0 aromatic heterocycles. The molecule has 1 aromatic carbocycles. The SMILES string of the molecule is COc1c(C2(N)CCC2)ccc2c1CCN2C. The molecule has 0 spiro atoms. The third-order valence-corrected chi connectivity index (χ3v) is 4.33. The Morgan fingerprint density at radius 3 is 2.71 bits per heavy atom. The van der Waals surface area contributed by atoms with Gasteiger partial charge in [-0.25, -0.2) is 0 Å². The maximum Gasteiger partial charge on any atom is 0.129 e. The standard InChI is InChI=1S/C14H20N2O/c1-16-9-6-10-12(16)5-4-11(13(10)17-2)14(15)7-3-8-14/h4-5H,3,6-9,15H2,1-2H3. The van der Waals surface area contributed by atoms with Gasteiger partial charge in [0, 0.05) is 35.9 Å². The first-order valence-electron chi connectivity index (χ1n) is 6.36. The van der Waals surface area contributed by atoms with Crippen LogP contribution in [0.3, 0.4) is 0 Å². The molecule has 0 radical (unpaired) electrons. The number of fused-ring (bicyclic) bond motifs is 1. The van der Waals surface area contributed by atoms with Gasteiger partial charge in [-0.05, 0) is 31.7 Å². The fourth-order valence-corrected chi connectivity index (χ4v) is 3.07. The second kappa shape index (κ2) is 3.64. The van der Waals surface area contributed by atoms with E-state index in [9.17, 15) is 0 Å². The fraction of sp³-hybridized carbons (Fsp3) is 0.571. The van der Waals surface area contributed by atoms with Crippen LogP contribution < -0.4 is 15.4 Å². The van der Waals surface area contributed by atoms with Crippen LogP contribution in [0.4, 0.5) is 5.69 Å². The second-order valence-corrected chi connectivity index (χ2v) is 5.33. The number of nitrogens with zero attached hydrogens (tertiary/aromatic N) is 1. The first kappa shape index (κ1) is 10.9. The third kappa shape index (κ3) is 1.45. The number of ether oxygens (including phenoxy) is 1. The van der Waals surface area contributed by atoms with Gasteiger partial charge in [0.2, 0.25) is 0 Å². The summed E-state index contributed by atoms with van der Waals surface area (Å²) in [6, 6.07) is 4.37. The van der Waals surface area contributed by atoms with E-state index in [2.05, 4.69) is 24.1 Å². The van der Waals surface area contributed by atoms with E-state index in [4.69, 9.17) is 10.5 Å². The lowest BCUT2D eigenvalue weighted by Crippen LogP contribution is -2.43. The predicted octanol–water partition coefficient (Wildman–Crippen LogP) is 2.03. The Labute approximate surface area is 103 Å². The molecule has 1 fully saturated rings. The monoisotopic (exact) mass is 232 g/mol. The van der Waals surface area contributed by atoms with Crippen LogP contribution >= 0.6 is 0 Å². The van der Waals surface area contributed by atoms with Crippen LogP contribution in [0.2, 0.25) is 0 Å². The molecule has 3 nitrogen and oxygen atoms in total. The largest absolute Gasteiger partial charge is 0.496 e. The van der Waals surface area contributed by atoms with Gasteiger partial charge < -0.3 is 15.4 Å². The van der Waals surface area contributed by atoms with E-state index < -0.39 is 0 Å². The van der Waals surface area contributed by atoms with E-state index in [1.807, 2.05) is 0 Å². The summed E-state index contributed by atoms with van der Waals surface area (Å²) in [5.41, 5.74) is 10.1. The molecular formula is C14H20N2O. The number of nitrogens with two attached hydrogens (primary N) is 1. The Morgan fingerprint density at radius 1 is 1.35 bits per heavy atom. The lowest BCUT2D eigenvalue weighted by Gasteiger charge is -2.39.